The van der Waals surface area contributed by atoms with Crippen LogP contribution in [0.4, 0.5) is 8.78 Å². The van der Waals surface area contributed by atoms with Gasteiger partial charge in [0.1, 0.15) is 5.75 Å². The minimum atomic E-state index is -2.99. The molecule has 16 heavy (non-hydrogen) atoms. The van der Waals surface area contributed by atoms with Gasteiger partial charge < -0.3 is 4.74 Å². The summed E-state index contributed by atoms with van der Waals surface area (Å²) in [5, 5.41) is 0. The first-order chi connectivity index (χ1) is 7.57. The third kappa shape index (κ3) is 2.32. The fraction of sp³-hybridized carbons (Fsp3) is 0.500. The lowest BCUT2D eigenvalue weighted by molar-refractivity contribution is -0.151. The second kappa shape index (κ2) is 5.25. The SMILES string of the molecule is CCN(CC)C(F)(F)c1ccccc1OC. The van der Waals surface area contributed by atoms with E-state index in [4.69, 9.17) is 4.74 Å². The molecule has 0 heterocycles. The molecular weight excluding hydrogens is 212 g/mol. The number of halogens is 2. The Balaban J connectivity index is 3.14. The maximum absolute atomic E-state index is 14.1. The van der Waals surface area contributed by atoms with Crippen LogP contribution >= 0.6 is 0 Å². The highest BCUT2D eigenvalue weighted by molar-refractivity contribution is 5.36. The molecule has 0 amide bonds. The third-order valence-corrected chi connectivity index (χ3v) is 2.59. The van der Waals surface area contributed by atoms with Crippen LogP contribution in [0.25, 0.3) is 0 Å². The molecule has 0 fully saturated rings. The van der Waals surface area contributed by atoms with Gasteiger partial charge in [-0.15, -0.1) is 0 Å². The van der Waals surface area contributed by atoms with Crippen LogP contribution in [0.1, 0.15) is 19.4 Å². The number of methoxy groups -OCH3 is 1. The molecule has 4 heteroatoms. The van der Waals surface area contributed by atoms with E-state index < -0.39 is 6.05 Å². The van der Waals surface area contributed by atoms with Crippen LogP contribution in [0, 0.1) is 0 Å². The number of alkyl halides is 2. The van der Waals surface area contributed by atoms with Crippen molar-refractivity contribution in [3.8, 4) is 5.75 Å². The van der Waals surface area contributed by atoms with Gasteiger partial charge >= 0.3 is 6.05 Å². The first-order valence-electron chi connectivity index (χ1n) is 5.34. The molecule has 0 saturated heterocycles. The largest absolute Gasteiger partial charge is 0.496 e. The van der Waals surface area contributed by atoms with Crippen molar-refractivity contribution < 1.29 is 13.5 Å². The monoisotopic (exact) mass is 229 g/mol. The molecule has 0 aliphatic rings. The van der Waals surface area contributed by atoms with Crippen molar-refractivity contribution in [2.45, 2.75) is 19.9 Å². The highest BCUT2D eigenvalue weighted by Crippen LogP contribution is 2.37. The van der Waals surface area contributed by atoms with E-state index in [1.807, 2.05) is 0 Å². The van der Waals surface area contributed by atoms with Gasteiger partial charge in [-0.05, 0) is 12.1 Å². The zero-order chi connectivity index (χ0) is 12.2. The van der Waals surface area contributed by atoms with Crippen molar-refractivity contribution in [1.29, 1.82) is 0 Å². The summed E-state index contributed by atoms with van der Waals surface area (Å²) in [5.41, 5.74) is -0.0822. The fourth-order valence-corrected chi connectivity index (χ4v) is 1.68. The number of hydrogen-bond acceptors (Lipinski definition) is 2. The lowest BCUT2D eigenvalue weighted by atomic mass is 10.1. The first-order valence-corrected chi connectivity index (χ1v) is 5.34. The highest BCUT2D eigenvalue weighted by atomic mass is 19.3. The summed E-state index contributed by atoms with van der Waals surface area (Å²) in [6.45, 7) is 4.02. The molecule has 0 N–H and O–H groups in total. The number of hydrogen-bond donors (Lipinski definition) is 0. The van der Waals surface area contributed by atoms with Gasteiger partial charge in [-0.2, -0.15) is 8.78 Å². The molecule has 1 rings (SSSR count). The minimum absolute atomic E-state index is 0.0822. The zero-order valence-corrected chi connectivity index (χ0v) is 9.84. The standard InChI is InChI=1S/C12H17F2NO/c1-4-15(5-2)12(13,14)10-8-6-7-9-11(10)16-3/h6-9H,4-5H2,1-3H3. The fourth-order valence-electron chi connectivity index (χ4n) is 1.68. The van der Waals surface area contributed by atoms with Crippen molar-refractivity contribution in [3.63, 3.8) is 0 Å². The normalized spacial score (nSPS) is 11.9. The zero-order valence-electron chi connectivity index (χ0n) is 9.84. The Morgan fingerprint density at radius 2 is 1.75 bits per heavy atom. The Morgan fingerprint density at radius 3 is 2.25 bits per heavy atom. The Kier molecular flexibility index (Phi) is 4.24. The van der Waals surface area contributed by atoms with E-state index in [-0.39, 0.29) is 11.3 Å². The van der Waals surface area contributed by atoms with Gasteiger partial charge in [0.2, 0.25) is 0 Å². The molecule has 0 radical (unpaired) electrons. The molecule has 0 saturated carbocycles. The van der Waals surface area contributed by atoms with Gasteiger partial charge in [0.15, 0.2) is 0 Å². The van der Waals surface area contributed by atoms with Crippen LogP contribution in [0.2, 0.25) is 0 Å². The van der Waals surface area contributed by atoms with Crippen LogP contribution < -0.4 is 4.74 Å². The van der Waals surface area contributed by atoms with E-state index in [0.717, 1.165) is 4.90 Å². The van der Waals surface area contributed by atoms with Crippen molar-refractivity contribution in [1.82, 2.24) is 4.90 Å². The summed E-state index contributed by atoms with van der Waals surface area (Å²) >= 11 is 0. The second-order valence-electron chi connectivity index (χ2n) is 3.41. The van der Waals surface area contributed by atoms with Crippen molar-refractivity contribution in [2.75, 3.05) is 20.2 Å². The van der Waals surface area contributed by atoms with E-state index in [0.29, 0.717) is 13.1 Å². The van der Waals surface area contributed by atoms with Crippen LogP contribution in [0.15, 0.2) is 24.3 Å². The number of ether oxygens (including phenoxy) is 1. The Hall–Kier alpha value is -1.16. The summed E-state index contributed by atoms with van der Waals surface area (Å²) in [6.07, 6.45) is 0. The molecule has 0 aliphatic carbocycles. The van der Waals surface area contributed by atoms with Crippen LogP contribution in [0.3, 0.4) is 0 Å². The van der Waals surface area contributed by atoms with Gasteiger partial charge in [0, 0.05) is 13.1 Å². The Labute approximate surface area is 94.8 Å². The summed E-state index contributed by atoms with van der Waals surface area (Å²) in [4.78, 5) is 1.10. The van der Waals surface area contributed by atoms with Crippen molar-refractivity contribution in [3.05, 3.63) is 29.8 Å². The van der Waals surface area contributed by atoms with Crippen LogP contribution in [-0.4, -0.2) is 25.1 Å². The predicted octanol–water partition coefficient (Wildman–Crippen LogP) is 3.09. The van der Waals surface area contributed by atoms with E-state index >= 15 is 0 Å². The quantitative estimate of drug-likeness (QED) is 0.719. The molecule has 0 bridgehead atoms. The van der Waals surface area contributed by atoms with Crippen LogP contribution in [0.5, 0.6) is 5.75 Å². The van der Waals surface area contributed by atoms with Gasteiger partial charge in [-0.3, -0.25) is 0 Å². The molecule has 1 aromatic rings. The molecule has 0 atom stereocenters. The maximum atomic E-state index is 14.1. The van der Waals surface area contributed by atoms with Gasteiger partial charge in [0.25, 0.3) is 0 Å². The minimum Gasteiger partial charge on any atom is -0.496 e. The molecule has 2 nitrogen and oxygen atoms in total. The predicted molar refractivity (Wildman–Crippen MR) is 59.8 cm³/mol. The van der Waals surface area contributed by atoms with Crippen molar-refractivity contribution in [2.24, 2.45) is 0 Å². The van der Waals surface area contributed by atoms with Gasteiger partial charge in [-0.25, -0.2) is 4.90 Å². The van der Waals surface area contributed by atoms with E-state index in [9.17, 15) is 8.78 Å². The summed E-state index contributed by atoms with van der Waals surface area (Å²) in [7, 11) is 1.40. The molecule has 90 valence electrons. The van der Waals surface area contributed by atoms with Gasteiger partial charge in [-0.1, -0.05) is 26.0 Å². The topological polar surface area (TPSA) is 12.5 Å². The molecule has 0 spiro atoms. The highest BCUT2D eigenvalue weighted by Gasteiger charge is 2.39. The number of rotatable bonds is 5. The number of benzene rings is 1. The number of para-hydroxylation sites is 1. The Morgan fingerprint density at radius 1 is 1.19 bits per heavy atom. The maximum Gasteiger partial charge on any atom is 0.335 e. The van der Waals surface area contributed by atoms with Crippen LogP contribution in [-0.2, 0) is 6.05 Å². The number of nitrogens with zero attached hydrogens (tertiary/aromatic N) is 1. The summed E-state index contributed by atoms with van der Waals surface area (Å²) in [6, 6.07) is 3.23. The van der Waals surface area contributed by atoms with E-state index in [2.05, 4.69) is 0 Å². The van der Waals surface area contributed by atoms with E-state index in [1.165, 1.54) is 13.2 Å². The molecule has 0 aromatic heterocycles. The van der Waals surface area contributed by atoms with Crippen molar-refractivity contribution >= 4 is 0 Å². The molecule has 0 unspecified atom stereocenters. The Bertz CT molecular complexity index is 338. The first kappa shape index (κ1) is 12.9. The second-order valence-corrected chi connectivity index (χ2v) is 3.41. The summed E-state index contributed by atoms with van der Waals surface area (Å²) in [5.74, 6) is 0.222. The van der Waals surface area contributed by atoms with E-state index in [1.54, 1.807) is 32.0 Å². The average Bonchev–Trinajstić information content (AvgIpc) is 2.30. The lowest BCUT2D eigenvalue weighted by Gasteiger charge is -2.30. The summed E-state index contributed by atoms with van der Waals surface area (Å²) < 4.78 is 33.2. The lowest BCUT2D eigenvalue weighted by Crippen LogP contribution is -2.39. The molecular formula is C12H17F2NO. The average molecular weight is 229 g/mol. The third-order valence-electron chi connectivity index (χ3n) is 2.59. The molecule has 1 aromatic carbocycles. The van der Waals surface area contributed by atoms with Gasteiger partial charge in [0.05, 0.1) is 12.7 Å². The molecule has 0 aliphatic heterocycles. The smallest absolute Gasteiger partial charge is 0.335 e.